The number of nitrogens with zero attached hydrogens (tertiary/aromatic N) is 1. The van der Waals surface area contributed by atoms with Crippen LogP contribution in [0.5, 0.6) is 5.75 Å². The van der Waals surface area contributed by atoms with E-state index < -0.39 is 13.3 Å². The number of hydrogen-bond acceptors (Lipinski definition) is 4. The van der Waals surface area contributed by atoms with Crippen LogP contribution in [-0.2, 0) is 9.31 Å². The van der Waals surface area contributed by atoms with Crippen LogP contribution in [0.4, 0.5) is 4.39 Å². The highest BCUT2D eigenvalue weighted by atomic mass is 19.1. The third-order valence-electron chi connectivity index (χ3n) is 3.92. The molecule has 2 atom stereocenters. The van der Waals surface area contributed by atoms with E-state index in [0.29, 0.717) is 18.7 Å². The van der Waals surface area contributed by atoms with Gasteiger partial charge in [0.05, 0.1) is 0 Å². The number of piperidine rings is 1. The monoisotopic (exact) mass is 337 g/mol. The van der Waals surface area contributed by atoms with E-state index in [9.17, 15) is 4.39 Å². The molecule has 0 aromatic heterocycles. The molecule has 0 radical (unpaired) electrons. The van der Waals surface area contributed by atoms with Crippen LogP contribution in [0, 0.1) is 0 Å². The SMILES string of the molecule is CC(C)OB(OC(C)C)c1ccc(O[C@@H]2CCN(C)C[C@@H]2F)cc1. The molecule has 0 aliphatic carbocycles. The Morgan fingerprint density at radius 1 is 1.08 bits per heavy atom. The Morgan fingerprint density at radius 2 is 1.67 bits per heavy atom. The smallest absolute Gasteiger partial charge is 0.487 e. The number of rotatable bonds is 7. The van der Waals surface area contributed by atoms with Gasteiger partial charge in [0, 0.05) is 25.3 Å². The Labute approximate surface area is 145 Å². The van der Waals surface area contributed by atoms with Gasteiger partial charge in [-0.15, -0.1) is 0 Å². The lowest BCUT2D eigenvalue weighted by Gasteiger charge is -2.32. The summed E-state index contributed by atoms with van der Waals surface area (Å²) in [7, 11) is 1.53. The second kappa shape index (κ2) is 8.83. The van der Waals surface area contributed by atoms with E-state index in [1.165, 1.54) is 0 Å². The van der Waals surface area contributed by atoms with E-state index in [-0.39, 0.29) is 18.3 Å². The largest absolute Gasteiger partial charge is 0.494 e. The predicted octanol–water partition coefficient (Wildman–Crippen LogP) is 2.65. The van der Waals surface area contributed by atoms with Crippen LogP contribution < -0.4 is 10.2 Å². The molecule has 0 unspecified atom stereocenters. The molecular weight excluding hydrogens is 308 g/mol. The Balaban J connectivity index is 2.00. The minimum atomic E-state index is -0.954. The topological polar surface area (TPSA) is 30.9 Å². The average molecular weight is 337 g/mol. The number of hydrogen-bond donors (Lipinski definition) is 0. The van der Waals surface area contributed by atoms with Crippen molar-refractivity contribution in [2.75, 3.05) is 20.1 Å². The van der Waals surface area contributed by atoms with Crippen LogP contribution in [0.1, 0.15) is 34.1 Å². The summed E-state index contributed by atoms with van der Waals surface area (Å²) in [5.41, 5.74) is 0.935. The van der Waals surface area contributed by atoms with E-state index in [2.05, 4.69) is 0 Å². The van der Waals surface area contributed by atoms with Crippen molar-refractivity contribution in [3.8, 4) is 5.75 Å². The highest BCUT2D eigenvalue weighted by Gasteiger charge is 2.29. The first-order valence-electron chi connectivity index (χ1n) is 8.75. The number of alkyl halides is 1. The van der Waals surface area contributed by atoms with Gasteiger partial charge in [0.15, 0.2) is 0 Å². The summed E-state index contributed by atoms with van der Waals surface area (Å²) in [5.74, 6) is 0.684. The summed E-state index contributed by atoms with van der Waals surface area (Å²) >= 11 is 0. The van der Waals surface area contributed by atoms with Crippen molar-refractivity contribution in [1.82, 2.24) is 4.90 Å². The van der Waals surface area contributed by atoms with Gasteiger partial charge in [-0.2, -0.15) is 0 Å². The van der Waals surface area contributed by atoms with Crippen LogP contribution in [0.2, 0.25) is 0 Å². The van der Waals surface area contributed by atoms with Crippen LogP contribution in [0.15, 0.2) is 24.3 Å². The van der Waals surface area contributed by atoms with Gasteiger partial charge < -0.3 is 18.9 Å². The summed E-state index contributed by atoms with van der Waals surface area (Å²) in [4.78, 5) is 1.99. The molecule has 0 N–H and O–H groups in total. The second-order valence-electron chi connectivity index (χ2n) is 6.99. The lowest BCUT2D eigenvalue weighted by molar-refractivity contribution is 0.0313. The molecule has 4 nitrogen and oxygen atoms in total. The van der Waals surface area contributed by atoms with Crippen LogP contribution in [-0.4, -0.2) is 56.6 Å². The number of likely N-dealkylation sites (tertiary alicyclic amines) is 1. The van der Waals surface area contributed by atoms with Gasteiger partial charge >= 0.3 is 7.12 Å². The van der Waals surface area contributed by atoms with Gasteiger partial charge in [-0.1, -0.05) is 12.1 Å². The van der Waals surface area contributed by atoms with E-state index in [0.717, 1.165) is 12.0 Å². The maximum atomic E-state index is 14.1. The zero-order valence-corrected chi connectivity index (χ0v) is 15.4. The third-order valence-corrected chi connectivity index (χ3v) is 3.92. The molecule has 1 aliphatic rings. The summed E-state index contributed by atoms with van der Waals surface area (Å²) in [6.45, 7) is 9.21. The van der Waals surface area contributed by atoms with E-state index in [4.69, 9.17) is 14.0 Å². The number of halogens is 1. The number of benzene rings is 1. The van der Waals surface area contributed by atoms with E-state index in [1.807, 2.05) is 63.9 Å². The maximum absolute atomic E-state index is 14.1. The normalized spacial score (nSPS) is 22.2. The first-order valence-corrected chi connectivity index (χ1v) is 8.75. The molecule has 0 spiro atoms. The van der Waals surface area contributed by atoms with Crippen molar-refractivity contribution in [3.63, 3.8) is 0 Å². The molecule has 1 aromatic rings. The molecule has 6 heteroatoms. The van der Waals surface area contributed by atoms with E-state index >= 15 is 0 Å². The number of ether oxygens (including phenoxy) is 1. The minimum absolute atomic E-state index is 0.0659. The lowest BCUT2D eigenvalue weighted by Crippen LogP contribution is -2.45. The molecule has 24 heavy (non-hydrogen) atoms. The highest BCUT2D eigenvalue weighted by Crippen LogP contribution is 2.20. The molecule has 1 aliphatic heterocycles. The lowest BCUT2D eigenvalue weighted by atomic mass is 9.78. The Morgan fingerprint density at radius 3 is 2.17 bits per heavy atom. The quantitative estimate of drug-likeness (QED) is 0.716. The fourth-order valence-corrected chi connectivity index (χ4v) is 2.73. The van der Waals surface area contributed by atoms with Crippen molar-refractivity contribution >= 4 is 12.6 Å². The second-order valence-corrected chi connectivity index (χ2v) is 6.99. The van der Waals surface area contributed by atoms with Crippen molar-refractivity contribution in [1.29, 1.82) is 0 Å². The molecule has 134 valence electrons. The van der Waals surface area contributed by atoms with Crippen molar-refractivity contribution in [3.05, 3.63) is 24.3 Å². The predicted molar refractivity (Wildman–Crippen MR) is 95.7 cm³/mol. The van der Waals surface area contributed by atoms with Gasteiger partial charge in [-0.3, -0.25) is 0 Å². The van der Waals surface area contributed by atoms with E-state index in [1.54, 1.807) is 0 Å². The standard InChI is InChI=1S/C18H29BFNO3/c1-13(2)23-19(24-14(3)4)15-6-8-16(9-7-15)22-18-10-11-21(5)12-17(18)20/h6-9,13-14,17-18H,10-12H2,1-5H3/t17-,18+/m0/s1. The molecule has 1 saturated heterocycles. The summed E-state index contributed by atoms with van der Waals surface area (Å²) in [6, 6.07) is 7.57. The van der Waals surface area contributed by atoms with Gasteiger partial charge in [-0.25, -0.2) is 4.39 Å². The van der Waals surface area contributed by atoms with Crippen LogP contribution in [0.25, 0.3) is 0 Å². The van der Waals surface area contributed by atoms with Crippen LogP contribution in [0.3, 0.4) is 0 Å². The Kier molecular flexibility index (Phi) is 7.08. The first-order chi connectivity index (χ1) is 11.3. The summed E-state index contributed by atoms with van der Waals surface area (Å²) in [6.07, 6.45) is -0.492. The summed E-state index contributed by atoms with van der Waals surface area (Å²) in [5, 5.41) is 0. The van der Waals surface area contributed by atoms with Gasteiger partial charge in [0.2, 0.25) is 0 Å². The minimum Gasteiger partial charge on any atom is -0.487 e. The average Bonchev–Trinajstić information content (AvgIpc) is 2.49. The van der Waals surface area contributed by atoms with Crippen molar-refractivity contribution in [2.24, 2.45) is 0 Å². The molecule has 1 aromatic carbocycles. The van der Waals surface area contributed by atoms with Crippen LogP contribution >= 0.6 is 0 Å². The molecule has 1 fully saturated rings. The molecule has 0 bridgehead atoms. The first kappa shape index (κ1) is 19.2. The highest BCUT2D eigenvalue weighted by molar-refractivity contribution is 6.61. The Bertz CT molecular complexity index is 488. The van der Waals surface area contributed by atoms with Gasteiger partial charge in [0.1, 0.15) is 18.0 Å². The Hall–Kier alpha value is -1.11. The maximum Gasteiger partial charge on any atom is 0.494 e. The zero-order valence-electron chi connectivity index (χ0n) is 15.4. The molecule has 0 saturated carbocycles. The molecular formula is C18H29BFNO3. The van der Waals surface area contributed by atoms with Crippen molar-refractivity contribution in [2.45, 2.75) is 58.6 Å². The van der Waals surface area contributed by atoms with Crippen molar-refractivity contribution < 1.29 is 18.4 Å². The fraction of sp³-hybridized carbons (Fsp3) is 0.667. The molecule has 2 rings (SSSR count). The zero-order chi connectivity index (χ0) is 17.7. The van der Waals surface area contributed by atoms with Gasteiger partial charge in [-0.05, 0) is 58.8 Å². The fourth-order valence-electron chi connectivity index (χ4n) is 2.73. The third kappa shape index (κ3) is 5.76. The summed E-state index contributed by atoms with van der Waals surface area (Å²) < 4.78 is 31.6. The van der Waals surface area contributed by atoms with Gasteiger partial charge in [0.25, 0.3) is 0 Å². The molecule has 0 amide bonds. The molecule has 1 heterocycles.